The van der Waals surface area contributed by atoms with Gasteiger partial charge in [-0.15, -0.1) is 0 Å². The monoisotopic (exact) mass is 408 g/mol. The summed E-state index contributed by atoms with van der Waals surface area (Å²) in [6.07, 6.45) is -3.68. The number of nitrogens with zero attached hydrogens (tertiary/aromatic N) is 2. The van der Waals surface area contributed by atoms with Gasteiger partial charge in [-0.25, -0.2) is 0 Å². The molecular weight excluding hydrogens is 381 g/mol. The lowest BCUT2D eigenvalue weighted by atomic mass is 10.1. The second kappa shape index (κ2) is 9.17. The van der Waals surface area contributed by atoms with Crippen LogP contribution >= 0.6 is 0 Å². The summed E-state index contributed by atoms with van der Waals surface area (Å²) in [7, 11) is 5.70. The third-order valence-corrected chi connectivity index (χ3v) is 4.62. The predicted octanol–water partition coefficient (Wildman–Crippen LogP) is 4.24. The van der Waals surface area contributed by atoms with Gasteiger partial charge in [-0.1, -0.05) is 6.07 Å². The molecule has 2 aromatic rings. The molecule has 0 aromatic heterocycles. The first-order valence-corrected chi connectivity index (χ1v) is 9.23. The lowest BCUT2D eigenvalue weighted by Crippen LogP contribution is -2.25. The maximum atomic E-state index is 13.2. The highest BCUT2D eigenvalue weighted by molar-refractivity contribution is 6.06. The van der Waals surface area contributed by atoms with E-state index >= 15 is 0 Å². The normalized spacial score (nSPS) is 11.6. The van der Waals surface area contributed by atoms with Crippen LogP contribution in [0.1, 0.15) is 27.9 Å². The fourth-order valence-electron chi connectivity index (χ4n) is 2.87. The quantitative estimate of drug-likeness (QED) is 0.673. The number of nitrogen functional groups attached to an aromatic ring is 1. The second-order valence-corrected chi connectivity index (χ2v) is 7.33. The van der Waals surface area contributed by atoms with Crippen molar-refractivity contribution in [1.29, 1.82) is 0 Å². The van der Waals surface area contributed by atoms with Gasteiger partial charge in [0.05, 0.1) is 16.9 Å². The van der Waals surface area contributed by atoms with Crippen molar-refractivity contribution >= 4 is 23.0 Å². The van der Waals surface area contributed by atoms with E-state index in [0.29, 0.717) is 17.9 Å². The lowest BCUT2D eigenvalue weighted by molar-refractivity contribution is -0.137. The van der Waals surface area contributed by atoms with Crippen LogP contribution in [0.2, 0.25) is 0 Å². The Morgan fingerprint density at radius 3 is 2.34 bits per heavy atom. The molecule has 0 aliphatic heterocycles. The van der Waals surface area contributed by atoms with Gasteiger partial charge in [-0.05, 0) is 69.9 Å². The number of alkyl halides is 3. The molecule has 0 aliphatic carbocycles. The number of nitrogens with two attached hydrogens (primary N) is 1. The van der Waals surface area contributed by atoms with Crippen molar-refractivity contribution in [3.63, 3.8) is 0 Å². The topological polar surface area (TPSA) is 61.6 Å². The van der Waals surface area contributed by atoms with Gasteiger partial charge in [-0.2, -0.15) is 13.2 Å². The fourth-order valence-corrected chi connectivity index (χ4v) is 2.87. The molecule has 2 aromatic carbocycles. The van der Waals surface area contributed by atoms with Crippen molar-refractivity contribution in [3.05, 3.63) is 53.1 Å². The molecule has 0 saturated carbocycles. The van der Waals surface area contributed by atoms with Gasteiger partial charge in [0.15, 0.2) is 0 Å². The number of aryl methyl sites for hydroxylation is 1. The van der Waals surface area contributed by atoms with Gasteiger partial charge in [0.25, 0.3) is 5.91 Å². The van der Waals surface area contributed by atoms with E-state index < -0.39 is 17.6 Å². The summed E-state index contributed by atoms with van der Waals surface area (Å²) in [6.45, 7) is 3.28. The molecule has 0 radical (unpaired) electrons. The van der Waals surface area contributed by atoms with Gasteiger partial charge in [0.1, 0.15) is 0 Å². The average molecular weight is 408 g/mol. The summed E-state index contributed by atoms with van der Waals surface area (Å²) < 4.78 is 39.6. The summed E-state index contributed by atoms with van der Waals surface area (Å²) in [5, 5.41) is 2.62. The van der Waals surface area contributed by atoms with Crippen molar-refractivity contribution in [2.75, 3.05) is 50.2 Å². The van der Waals surface area contributed by atoms with E-state index in [9.17, 15) is 18.0 Å². The summed E-state index contributed by atoms with van der Waals surface area (Å²) in [4.78, 5) is 16.5. The number of hydrogen-bond donors (Lipinski definition) is 2. The molecule has 0 atom stereocenters. The Hall–Kier alpha value is -2.74. The van der Waals surface area contributed by atoms with E-state index in [1.54, 1.807) is 19.2 Å². The van der Waals surface area contributed by atoms with Gasteiger partial charge in [-0.3, -0.25) is 4.79 Å². The number of anilines is 3. The van der Waals surface area contributed by atoms with Crippen molar-refractivity contribution in [2.45, 2.75) is 19.5 Å². The van der Waals surface area contributed by atoms with Crippen LogP contribution in [0.25, 0.3) is 0 Å². The highest BCUT2D eigenvalue weighted by Gasteiger charge is 2.31. The molecule has 29 heavy (non-hydrogen) atoms. The van der Waals surface area contributed by atoms with E-state index in [0.717, 1.165) is 30.7 Å². The van der Waals surface area contributed by atoms with Crippen LogP contribution in [0.5, 0.6) is 0 Å². The molecule has 0 fully saturated rings. The van der Waals surface area contributed by atoms with Crippen LogP contribution in [-0.4, -0.2) is 45.0 Å². The zero-order chi connectivity index (χ0) is 21.8. The maximum Gasteiger partial charge on any atom is 0.416 e. The van der Waals surface area contributed by atoms with E-state index in [1.165, 1.54) is 12.1 Å². The first kappa shape index (κ1) is 22.5. The van der Waals surface area contributed by atoms with Crippen LogP contribution in [0.4, 0.5) is 30.2 Å². The summed E-state index contributed by atoms with van der Waals surface area (Å²) in [5.74, 6) is -0.515. The second-order valence-electron chi connectivity index (χ2n) is 7.33. The third kappa shape index (κ3) is 6.12. The Balaban J connectivity index is 2.32. The van der Waals surface area contributed by atoms with Gasteiger partial charge >= 0.3 is 6.18 Å². The minimum atomic E-state index is -4.50. The Morgan fingerprint density at radius 1 is 1.07 bits per heavy atom. The minimum absolute atomic E-state index is 0.108. The maximum absolute atomic E-state index is 13.2. The number of rotatable bonds is 7. The van der Waals surface area contributed by atoms with Gasteiger partial charge in [0.2, 0.25) is 0 Å². The molecule has 0 aliphatic rings. The minimum Gasteiger partial charge on any atom is -0.398 e. The molecule has 5 nitrogen and oxygen atoms in total. The molecule has 0 unspecified atom stereocenters. The number of benzene rings is 2. The largest absolute Gasteiger partial charge is 0.416 e. The van der Waals surface area contributed by atoms with Crippen LogP contribution in [-0.2, 0) is 6.18 Å². The van der Waals surface area contributed by atoms with Crippen molar-refractivity contribution < 1.29 is 18.0 Å². The van der Waals surface area contributed by atoms with Gasteiger partial charge < -0.3 is 20.9 Å². The summed E-state index contributed by atoms with van der Waals surface area (Å²) >= 11 is 0. The molecule has 3 N–H and O–H groups in total. The molecule has 1 amide bonds. The molecule has 8 heteroatoms. The van der Waals surface area contributed by atoms with Crippen molar-refractivity contribution in [3.8, 4) is 0 Å². The van der Waals surface area contributed by atoms with Crippen molar-refractivity contribution in [1.82, 2.24) is 4.90 Å². The lowest BCUT2D eigenvalue weighted by Gasteiger charge is -2.24. The van der Waals surface area contributed by atoms with Crippen LogP contribution < -0.4 is 16.0 Å². The molecule has 0 spiro atoms. The van der Waals surface area contributed by atoms with E-state index in [2.05, 4.69) is 5.32 Å². The molecule has 0 bridgehead atoms. The molecule has 2 rings (SSSR count). The number of carbonyl (C=O) groups excluding carboxylic acids is 1. The number of halogens is 3. The third-order valence-electron chi connectivity index (χ3n) is 4.62. The first-order chi connectivity index (χ1) is 13.5. The molecule has 0 heterocycles. The Morgan fingerprint density at radius 2 is 1.76 bits per heavy atom. The van der Waals surface area contributed by atoms with Gasteiger partial charge in [0, 0.05) is 24.8 Å². The van der Waals surface area contributed by atoms with E-state index in [4.69, 9.17) is 5.73 Å². The smallest absolute Gasteiger partial charge is 0.398 e. The number of amides is 1. The molecule has 158 valence electrons. The Bertz CT molecular complexity index is 865. The molecular formula is C21H27F3N4O. The SMILES string of the molecule is Cc1ccc(C(=O)Nc2cc(C(F)(F)F)ccc2N(C)CCCN(C)C)cc1N. The number of carbonyl (C=O) groups is 1. The van der Waals surface area contributed by atoms with E-state index in [-0.39, 0.29) is 11.3 Å². The Kier molecular flexibility index (Phi) is 7.13. The fraction of sp³-hybridized carbons (Fsp3) is 0.381. The standard InChI is InChI=1S/C21H27F3N4O/c1-14-6-7-15(12-17(14)25)20(29)26-18-13-16(21(22,23)24)8-9-19(18)28(4)11-5-10-27(2)3/h6-9,12-13H,5,10-11,25H2,1-4H3,(H,26,29). The highest BCUT2D eigenvalue weighted by Crippen LogP contribution is 2.35. The highest BCUT2D eigenvalue weighted by atomic mass is 19.4. The van der Waals surface area contributed by atoms with Crippen LogP contribution in [0.15, 0.2) is 36.4 Å². The first-order valence-electron chi connectivity index (χ1n) is 9.23. The van der Waals surface area contributed by atoms with Crippen LogP contribution in [0.3, 0.4) is 0 Å². The number of nitrogens with one attached hydrogen (secondary N) is 1. The summed E-state index contributed by atoms with van der Waals surface area (Å²) in [5.41, 5.74) is 7.21. The summed E-state index contributed by atoms with van der Waals surface area (Å²) in [6, 6.07) is 8.18. The Labute approximate surface area is 169 Å². The van der Waals surface area contributed by atoms with Crippen molar-refractivity contribution in [2.24, 2.45) is 0 Å². The zero-order valence-corrected chi connectivity index (χ0v) is 17.1. The predicted molar refractivity (Wildman–Crippen MR) is 111 cm³/mol. The van der Waals surface area contributed by atoms with E-state index in [1.807, 2.05) is 30.8 Å². The number of hydrogen-bond acceptors (Lipinski definition) is 4. The zero-order valence-electron chi connectivity index (χ0n) is 17.1. The average Bonchev–Trinajstić information content (AvgIpc) is 2.62. The van der Waals surface area contributed by atoms with Crippen LogP contribution in [0, 0.1) is 6.92 Å². The molecule has 0 saturated heterocycles.